The van der Waals surface area contributed by atoms with Crippen LogP contribution in [0.3, 0.4) is 0 Å². The summed E-state index contributed by atoms with van der Waals surface area (Å²) in [5.41, 5.74) is 3.59. The van der Waals surface area contributed by atoms with Crippen LogP contribution >= 0.6 is 0 Å². The number of nitrogens with zero attached hydrogens (tertiary/aromatic N) is 4. The molecule has 3 aromatic rings. The summed E-state index contributed by atoms with van der Waals surface area (Å²) in [6.45, 7) is 5.10. The monoisotopic (exact) mass is 348 g/mol. The summed E-state index contributed by atoms with van der Waals surface area (Å²) >= 11 is 0. The quantitative estimate of drug-likeness (QED) is 0.709. The minimum absolute atomic E-state index is 0.915. The van der Waals surface area contributed by atoms with Gasteiger partial charge < -0.3 is 9.64 Å². The zero-order valence-corrected chi connectivity index (χ0v) is 15.1. The van der Waals surface area contributed by atoms with Gasteiger partial charge in [0.2, 0.25) is 0 Å². The molecule has 0 saturated carbocycles. The third-order valence-electron chi connectivity index (χ3n) is 4.85. The van der Waals surface area contributed by atoms with Gasteiger partial charge in [-0.15, -0.1) is 0 Å². The fourth-order valence-corrected chi connectivity index (χ4v) is 3.39. The Morgan fingerprint density at radius 2 is 1.69 bits per heavy atom. The van der Waals surface area contributed by atoms with E-state index in [4.69, 9.17) is 4.74 Å². The average Bonchev–Trinajstić information content (AvgIpc) is 3.18. The van der Waals surface area contributed by atoms with E-state index < -0.39 is 0 Å². The number of benzene rings is 2. The van der Waals surface area contributed by atoms with Crippen LogP contribution in [-0.4, -0.2) is 48.0 Å². The number of methoxy groups -OCH3 is 1. The van der Waals surface area contributed by atoms with Crippen LogP contribution in [0.2, 0.25) is 0 Å². The molecule has 1 aromatic heterocycles. The number of anilines is 1. The second-order valence-electron chi connectivity index (χ2n) is 6.59. The van der Waals surface area contributed by atoms with E-state index in [1.54, 1.807) is 7.11 Å². The lowest BCUT2D eigenvalue weighted by atomic mass is 10.2. The Labute approximate surface area is 154 Å². The van der Waals surface area contributed by atoms with Gasteiger partial charge in [-0.2, -0.15) is 5.10 Å². The molecule has 0 radical (unpaired) electrons. The fourth-order valence-electron chi connectivity index (χ4n) is 3.39. The average molecular weight is 348 g/mol. The molecule has 0 atom stereocenters. The first kappa shape index (κ1) is 16.7. The van der Waals surface area contributed by atoms with Crippen molar-refractivity contribution in [3.8, 4) is 11.4 Å². The number of piperazine rings is 1. The van der Waals surface area contributed by atoms with Crippen LogP contribution in [0, 0.1) is 0 Å². The van der Waals surface area contributed by atoms with Gasteiger partial charge in [-0.05, 0) is 24.3 Å². The first-order chi connectivity index (χ1) is 12.8. The summed E-state index contributed by atoms with van der Waals surface area (Å²) in [5.74, 6) is 0.915. The van der Waals surface area contributed by atoms with Gasteiger partial charge in [-0.1, -0.05) is 24.3 Å². The van der Waals surface area contributed by atoms with Gasteiger partial charge in [0, 0.05) is 56.2 Å². The maximum absolute atomic E-state index is 5.34. The van der Waals surface area contributed by atoms with Crippen molar-refractivity contribution in [1.82, 2.24) is 14.7 Å². The minimum atomic E-state index is 0.915. The van der Waals surface area contributed by atoms with Crippen molar-refractivity contribution in [2.24, 2.45) is 0 Å². The maximum Gasteiger partial charge on any atom is 0.120 e. The predicted octanol–water partition coefficient (Wildman–Crippen LogP) is 3.20. The standard InChI is InChI=1S/C21H24N4O/c1-26-21-9-5-8-20(14-21)24-12-10-23(11-13-24)16-18-15-22-25(17-18)19-6-3-2-4-7-19/h2-9,14-15,17H,10-13,16H2,1H3. The Bertz CT molecular complexity index is 838. The predicted molar refractivity (Wildman–Crippen MR) is 104 cm³/mol. The Morgan fingerprint density at radius 3 is 2.46 bits per heavy atom. The lowest BCUT2D eigenvalue weighted by Crippen LogP contribution is -2.45. The highest BCUT2D eigenvalue weighted by Crippen LogP contribution is 2.22. The van der Waals surface area contributed by atoms with Gasteiger partial charge in [0.15, 0.2) is 0 Å². The number of aromatic nitrogens is 2. The van der Waals surface area contributed by atoms with E-state index in [0.29, 0.717) is 0 Å². The molecule has 0 N–H and O–H groups in total. The van der Waals surface area contributed by atoms with Crippen LogP contribution in [-0.2, 0) is 6.54 Å². The summed E-state index contributed by atoms with van der Waals surface area (Å²) in [6, 6.07) is 18.6. The third-order valence-corrected chi connectivity index (χ3v) is 4.85. The molecule has 2 aromatic carbocycles. The Balaban J connectivity index is 1.35. The number of rotatable bonds is 5. The zero-order valence-electron chi connectivity index (χ0n) is 15.1. The Morgan fingerprint density at radius 1 is 0.923 bits per heavy atom. The van der Waals surface area contributed by atoms with Gasteiger partial charge in [-0.3, -0.25) is 4.90 Å². The summed E-state index contributed by atoms with van der Waals surface area (Å²) in [4.78, 5) is 4.91. The molecule has 1 saturated heterocycles. The molecule has 0 bridgehead atoms. The Kier molecular flexibility index (Phi) is 4.88. The van der Waals surface area contributed by atoms with Crippen LogP contribution in [0.5, 0.6) is 5.75 Å². The van der Waals surface area contributed by atoms with Crippen LogP contribution in [0.15, 0.2) is 67.0 Å². The molecule has 0 spiro atoms. The minimum Gasteiger partial charge on any atom is -0.497 e. The summed E-state index contributed by atoms with van der Waals surface area (Å²) < 4.78 is 7.28. The van der Waals surface area contributed by atoms with Crippen molar-refractivity contribution in [1.29, 1.82) is 0 Å². The zero-order chi connectivity index (χ0) is 17.8. The van der Waals surface area contributed by atoms with Gasteiger partial charge >= 0.3 is 0 Å². The van der Waals surface area contributed by atoms with Crippen LogP contribution < -0.4 is 9.64 Å². The molecule has 5 heteroatoms. The maximum atomic E-state index is 5.34. The van der Waals surface area contributed by atoms with Crippen molar-refractivity contribution >= 4 is 5.69 Å². The topological polar surface area (TPSA) is 33.5 Å². The Hall–Kier alpha value is -2.79. The van der Waals surface area contributed by atoms with E-state index in [-0.39, 0.29) is 0 Å². The van der Waals surface area contributed by atoms with Crippen molar-refractivity contribution in [2.45, 2.75) is 6.54 Å². The molecule has 26 heavy (non-hydrogen) atoms. The van der Waals surface area contributed by atoms with Crippen molar-refractivity contribution in [3.05, 3.63) is 72.6 Å². The normalized spacial score (nSPS) is 15.2. The molecule has 4 rings (SSSR count). The molecule has 1 aliphatic rings. The van der Waals surface area contributed by atoms with Crippen LogP contribution in [0.4, 0.5) is 5.69 Å². The highest BCUT2D eigenvalue weighted by atomic mass is 16.5. The fraction of sp³-hybridized carbons (Fsp3) is 0.286. The second-order valence-corrected chi connectivity index (χ2v) is 6.59. The molecule has 5 nitrogen and oxygen atoms in total. The van der Waals surface area contributed by atoms with Gasteiger partial charge in [0.25, 0.3) is 0 Å². The smallest absolute Gasteiger partial charge is 0.120 e. The van der Waals surface area contributed by atoms with Crippen molar-refractivity contribution in [2.75, 3.05) is 38.2 Å². The summed E-state index contributed by atoms with van der Waals surface area (Å²) in [7, 11) is 1.71. The van der Waals surface area contributed by atoms with Gasteiger partial charge in [0.1, 0.15) is 5.75 Å². The van der Waals surface area contributed by atoms with E-state index in [1.165, 1.54) is 11.3 Å². The molecular formula is C21H24N4O. The van der Waals surface area contributed by atoms with Gasteiger partial charge in [0.05, 0.1) is 19.0 Å². The molecular weight excluding hydrogens is 324 g/mol. The first-order valence-electron chi connectivity index (χ1n) is 9.02. The van der Waals surface area contributed by atoms with E-state index >= 15 is 0 Å². The van der Waals surface area contributed by atoms with E-state index in [1.807, 2.05) is 35.1 Å². The van der Waals surface area contributed by atoms with E-state index in [2.05, 4.69) is 51.4 Å². The number of para-hydroxylation sites is 1. The first-order valence-corrected chi connectivity index (χ1v) is 9.02. The van der Waals surface area contributed by atoms with Crippen molar-refractivity contribution < 1.29 is 4.74 Å². The van der Waals surface area contributed by atoms with Crippen molar-refractivity contribution in [3.63, 3.8) is 0 Å². The van der Waals surface area contributed by atoms with E-state index in [9.17, 15) is 0 Å². The SMILES string of the molecule is COc1cccc(N2CCN(Cc3cnn(-c4ccccc4)c3)CC2)c1. The lowest BCUT2D eigenvalue weighted by Gasteiger charge is -2.36. The second kappa shape index (κ2) is 7.62. The molecule has 0 aliphatic carbocycles. The molecule has 2 heterocycles. The van der Waals surface area contributed by atoms with Crippen LogP contribution in [0.25, 0.3) is 5.69 Å². The number of ether oxygens (including phenoxy) is 1. The highest BCUT2D eigenvalue weighted by molar-refractivity contribution is 5.51. The number of hydrogen-bond donors (Lipinski definition) is 0. The molecule has 0 unspecified atom stereocenters. The molecule has 1 aliphatic heterocycles. The van der Waals surface area contributed by atoms with Crippen LogP contribution in [0.1, 0.15) is 5.56 Å². The molecule has 0 amide bonds. The highest BCUT2D eigenvalue weighted by Gasteiger charge is 2.18. The third kappa shape index (κ3) is 3.73. The van der Waals surface area contributed by atoms with E-state index in [0.717, 1.165) is 44.2 Å². The summed E-state index contributed by atoms with van der Waals surface area (Å²) in [5, 5.41) is 4.50. The lowest BCUT2D eigenvalue weighted by molar-refractivity contribution is 0.250. The van der Waals surface area contributed by atoms with Gasteiger partial charge in [-0.25, -0.2) is 4.68 Å². The largest absolute Gasteiger partial charge is 0.497 e. The summed E-state index contributed by atoms with van der Waals surface area (Å²) in [6.07, 6.45) is 4.10. The molecule has 134 valence electrons. The number of hydrogen-bond acceptors (Lipinski definition) is 4. The molecule has 1 fully saturated rings.